The first-order valence-corrected chi connectivity index (χ1v) is 10.3. The molecule has 0 aliphatic rings. The number of hydrogen-bond donors (Lipinski definition) is 0. The topological polar surface area (TPSA) is 55.1 Å². The minimum absolute atomic E-state index is 0.194. The molecule has 0 fully saturated rings. The first-order valence-electron chi connectivity index (χ1n) is 10.3. The number of methoxy groups -OCH3 is 1. The Kier molecular flexibility index (Phi) is 9.00. The lowest BCUT2D eigenvalue weighted by Crippen LogP contribution is -2.20. The summed E-state index contributed by atoms with van der Waals surface area (Å²) < 4.78 is 171. The Labute approximate surface area is 206 Å². The molecule has 38 heavy (non-hydrogen) atoms. The van der Waals surface area contributed by atoms with Crippen molar-refractivity contribution in [1.82, 2.24) is 4.98 Å². The summed E-state index contributed by atoms with van der Waals surface area (Å²) in [4.78, 5) is 2.55. The molecule has 1 aromatic heterocycles. The van der Waals surface area contributed by atoms with Crippen LogP contribution in [0.4, 0.5) is 52.7 Å². The average Bonchev–Trinajstić information content (AvgIpc) is 2.78. The van der Waals surface area contributed by atoms with Gasteiger partial charge in [-0.15, -0.1) is 0 Å². The molecule has 2 atom stereocenters. The highest BCUT2D eigenvalue weighted by Gasteiger charge is 2.43. The summed E-state index contributed by atoms with van der Waals surface area (Å²) in [5, 5.41) is 8.97. The largest absolute Gasteiger partial charge is 0.433 e. The molecule has 0 amide bonds. The fraction of sp³-hybridized carbons (Fsp3) is 0.455. The van der Waals surface area contributed by atoms with Crippen LogP contribution in [0.3, 0.4) is 0 Å². The standard InChI is InChI=1S/C22H16F12N2O2/c1-3-38-16(11-6-17(21(29,30)31)36-18(7-11)22(32,33)34)8-15(37-2)10-4-13(19(23,24)25)12(9-35)14(5-10)20(26,27)28/h4-7,15-16H,3,8H2,1-2H3. The number of nitriles is 1. The average molecular weight is 568 g/mol. The molecule has 0 saturated carbocycles. The summed E-state index contributed by atoms with van der Waals surface area (Å²) in [5.41, 5.74) is -11.1. The molecule has 1 heterocycles. The van der Waals surface area contributed by atoms with Gasteiger partial charge in [-0.25, -0.2) is 4.98 Å². The molecule has 210 valence electrons. The Bertz CT molecular complexity index is 1110. The van der Waals surface area contributed by atoms with Crippen molar-refractivity contribution in [3.63, 3.8) is 0 Å². The molecule has 0 saturated heterocycles. The first-order chi connectivity index (χ1) is 17.2. The predicted molar refractivity (Wildman–Crippen MR) is 104 cm³/mol. The van der Waals surface area contributed by atoms with Crippen molar-refractivity contribution in [2.45, 2.75) is 50.3 Å². The summed E-state index contributed by atoms with van der Waals surface area (Å²) in [6.45, 7) is 0.984. The molecule has 0 aliphatic heterocycles. The van der Waals surface area contributed by atoms with E-state index >= 15 is 0 Å². The molecule has 2 rings (SSSR count). The predicted octanol–water partition coefficient (Wildman–Crippen LogP) is 7.88. The van der Waals surface area contributed by atoms with Crippen LogP contribution in [-0.2, 0) is 34.2 Å². The first kappa shape index (κ1) is 31.2. The highest BCUT2D eigenvalue weighted by Crippen LogP contribution is 2.43. The Hall–Kier alpha value is -3.06. The van der Waals surface area contributed by atoms with Crippen molar-refractivity contribution in [3.05, 3.63) is 63.5 Å². The normalized spacial score (nSPS) is 14.8. The molecule has 0 spiro atoms. The Morgan fingerprint density at radius 3 is 1.47 bits per heavy atom. The van der Waals surface area contributed by atoms with Gasteiger partial charge in [0.15, 0.2) is 0 Å². The SMILES string of the molecule is CCOC(CC(OC)c1cc(C(F)(F)F)c(C#N)c(C(F)(F)F)c1)c1cc(C(F)(F)F)nc(C(F)(F)F)c1. The summed E-state index contributed by atoms with van der Waals surface area (Å²) in [5.74, 6) is 0. The van der Waals surface area contributed by atoms with Gasteiger partial charge in [-0.05, 0) is 42.3 Å². The number of rotatable bonds is 7. The van der Waals surface area contributed by atoms with E-state index in [4.69, 9.17) is 14.7 Å². The fourth-order valence-electron chi connectivity index (χ4n) is 3.51. The van der Waals surface area contributed by atoms with Crippen LogP contribution in [0.2, 0.25) is 0 Å². The van der Waals surface area contributed by atoms with Gasteiger partial charge < -0.3 is 9.47 Å². The van der Waals surface area contributed by atoms with E-state index in [2.05, 4.69) is 4.98 Å². The lowest BCUT2D eigenvalue weighted by Gasteiger charge is -2.26. The summed E-state index contributed by atoms with van der Waals surface area (Å²) in [6.07, 6.45) is -25.8. The Morgan fingerprint density at radius 2 is 1.16 bits per heavy atom. The molecule has 0 radical (unpaired) electrons. The summed E-state index contributed by atoms with van der Waals surface area (Å²) in [7, 11) is 0.848. The lowest BCUT2D eigenvalue weighted by molar-refractivity contribution is -0.150. The third kappa shape index (κ3) is 7.28. The van der Waals surface area contributed by atoms with E-state index < -0.39 is 82.5 Å². The number of hydrogen-bond acceptors (Lipinski definition) is 4. The van der Waals surface area contributed by atoms with Crippen LogP contribution < -0.4 is 0 Å². The maximum atomic E-state index is 13.5. The third-order valence-corrected chi connectivity index (χ3v) is 5.14. The van der Waals surface area contributed by atoms with Gasteiger partial charge in [0.1, 0.15) is 17.5 Å². The van der Waals surface area contributed by atoms with E-state index in [0.29, 0.717) is 0 Å². The van der Waals surface area contributed by atoms with Crippen molar-refractivity contribution in [2.24, 2.45) is 0 Å². The van der Waals surface area contributed by atoms with Gasteiger partial charge in [0, 0.05) is 20.1 Å². The number of alkyl halides is 12. The van der Waals surface area contributed by atoms with E-state index in [1.54, 1.807) is 0 Å². The molecule has 1 aromatic carbocycles. The highest BCUT2D eigenvalue weighted by molar-refractivity contribution is 5.50. The molecular weight excluding hydrogens is 552 g/mol. The van der Waals surface area contributed by atoms with Gasteiger partial charge in [-0.1, -0.05) is 0 Å². The van der Waals surface area contributed by atoms with E-state index in [9.17, 15) is 52.7 Å². The molecule has 16 heteroatoms. The number of benzene rings is 1. The van der Waals surface area contributed by atoms with Crippen LogP contribution in [-0.4, -0.2) is 18.7 Å². The van der Waals surface area contributed by atoms with Crippen LogP contribution in [0.1, 0.15) is 64.8 Å². The van der Waals surface area contributed by atoms with Crippen molar-refractivity contribution < 1.29 is 62.2 Å². The molecular formula is C22H16F12N2O2. The molecule has 4 nitrogen and oxygen atoms in total. The minimum Gasteiger partial charge on any atom is -0.377 e. The number of halogens is 12. The Balaban J connectivity index is 2.71. The van der Waals surface area contributed by atoms with Gasteiger partial charge >= 0.3 is 24.7 Å². The van der Waals surface area contributed by atoms with E-state index in [-0.39, 0.29) is 30.9 Å². The van der Waals surface area contributed by atoms with Crippen molar-refractivity contribution in [1.29, 1.82) is 5.26 Å². The van der Waals surface area contributed by atoms with Crippen LogP contribution >= 0.6 is 0 Å². The van der Waals surface area contributed by atoms with Crippen LogP contribution in [0, 0.1) is 11.3 Å². The quantitative estimate of drug-likeness (QED) is 0.319. The Morgan fingerprint density at radius 1 is 0.737 bits per heavy atom. The highest BCUT2D eigenvalue weighted by atomic mass is 19.4. The fourth-order valence-corrected chi connectivity index (χ4v) is 3.51. The van der Waals surface area contributed by atoms with Crippen LogP contribution in [0.15, 0.2) is 24.3 Å². The maximum absolute atomic E-state index is 13.5. The zero-order valence-electron chi connectivity index (χ0n) is 19.1. The number of pyridine rings is 1. The van der Waals surface area contributed by atoms with Gasteiger partial charge in [0.05, 0.1) is 28.9 Å². The van der Waals surface area contributed by atoms with Gasteiger partial charge in [0.2, 0.25) is 0 Å². The van der Waals surface area contributed by atoms with E-state index in [1.165, 1.54) is 6.92 Å². The maximum Gasteiger partial charge on any atom is 0.433 e. The molecule has 0 bridgehead atoms. The second-order valence-electron chi connectivity index (χ2n) is 7.67. The second kappa shape index (κ2) is 11.0. The number of ether oxygens (including phenoxy) is 2. The number of nitrogens with zero attached hydrogens (tertiary/aromatic N) is 2. The zero-order valence-corrected chi connectivity index (χ0v) is 19.1. The monoisotopic (exact) mass is 568 g/mol. The van der Waals surface area contributed by atoms with E-state index in [0.717, 1.165) is 13.2 Å². The van der Waals surface area contributed by atoms with Gasteiger partial charge in [-0.2, -0.15) is 57.9 Å². The second-order valence-corrected chi connectivity index (χ2v) is 7.67. The third-order valence-electron chi connectivity index (χ3n) is 5.14. The van der Waals surface area contributed by atoms with Gasteiger partial charge in [-0.3, -0.25) is 0 Å². The summed E-state index contributed by atoms with van der Waals surface area (Å²) in [6, 6.07) is 1.70. The van der Waals surface area contributed by atoms with E-state index in [1.807, 2.05) is 0 Å². The van der Waals surface area contributed by atoms with Crippen LogP contribution in [0.5, 0.6) is 0 Å². The molecule has 0 aliphatic carbocycles. The van der Waals surface area contributed by atoms with Crippen molar-refractivity contribution >= 4 is 0 Å². The minimum atomic E-state index is -5.42. The molecule has 0 N–H and O–H groups in total. The molecule has 2 aromatic rings. The molecule has 2 unspecified atom stereocenters. The number of aromatic nitrogens is 1. The van der Waals surface area contributed by atoms with Crippen molar-refractivity contribution in [3.8, 4) is 6.07 Å². The lowest BCUT2D eigenvalue weighted by atomic mass is 9.92. The van der Waals surface area contributed by atoms with Crippen LogP contribution in [0.25, 0.3) is 0 Å². The van der Waals surface area contributed by atoms with Crippen molar-refractivity contribution in [2.75, 3.05) is 13.7 Å². The summed E-state index contributed by atoms with van der Waals surface area (Å²) >= 11 is 0. The smallest absolute Gasteiger partial charge is 0.377 e. The van der Waals surface area contributed by atoms with Gasteiger partial charge in [0.25, 0.3) is 0 Å². The zero-order chi connectivity index (χ0) is 29.3.